The van der Waals surface area contributed by atoms with E-state index < -0.39 is 5.54 Å². The van der Waals surface area contributed by atoms with Crippen LogP contribution in [0.4, 0.5) is 0 Å². The monoisotopic (exact) mass is 307 g/mol. The number of nitrogens with two attached hydrogens (primary N) is 1. The Labute approximate surface area is 123 Å². The molecule has 0 aliphatic heterocycles. The highest BCUT2D eigenvalue weighted by molar-refractivity contribution is 7.99. The molecule has 0 fully saturated rings. The zero-order valence-electron chi connectivity index (χ0n) is 10.5. The second kappa shape index (κ2) is 7.61. The molecule has 0 heterocycles. The van der Waals surface area contributed by atoms with Crippen LogP contribution in [0.25, 0.3) is 0 Å². The fourth-order valence-electron chi connectivity index (χ4n) is 1.47. The van der Waals surface area contributed by atoms with Gasteiger partial charge in [0.1, 0.15) is 0 Å². The van der Waals surface area contributed by atoms with Crippen LogP contribution >= 0.6 is 35.0 Å². The predicted molar refractivity (Wildman–Crippen MR) is 80.7 cm³/mol. The first kappa shape index (κ1) is 16.1. The van der Waals surface area contributed by atoms with E-state index in [1.54, 1.807) is 11.8 Å². The van der Waals surface area contributed by atoms with Gasteiger partial charge in [-0.3, -0.25) is 0 Å². The van der Waals surface area contributed by atoms with Gasteiger partial charge in [0.2, 0.25) is 0 Å². The van der Waals surface area contributed by atoms with E-state index in [0.717, 1.165) is 29.9 Å². The normalized spacial score (nSPS) is 14.5. The molecule has 0 bridgehead atoms. The van der Waals surface area contributed by atoms with E-state index in [4.69, 9.17) is 34.0 Å². The molecular weight excluding hydrogens is 289 g/mol. The van der Waals surface area contributed by atoms with Gasteiger partial charge in [0.15, 0.2) is 0 Å². The van der Waals surface area contributed by atoms with Crippen LogP contribution in [0, 0.1) is 0 Å². The van der Waals surface area contributed by atoms with Crippen LogP contribution in [0.1, 0.15) is 26.2 Å². The molecule has 18 heavy (non-hydrogen) atoms. The molecule has 0 aromatic heterocycles. The van der Waals surface area contributed by atoms with Crippen LogP contribution in [0.3, 0.4) is 0 Å². The Bertz CT molecular complexity index is 385. The number of rotatable bonds is 7. The van der Waals surface area contributed by atoms with E-state index >= 15 is 0 Å². The summed E-state index contributed by atoms with van der Waals surface area (Å²) in [6, 6.07) is 5.67. The molecule has 0 amide bonds. The first-order valence-electron chi connectivity index (χ1n) is 5.92. The summed E-state index contributed by atoms with van der Waals surface area (Å²) in [6.45, 7) is 1.91. The number of hydrogen-bond acceptors (Lipinski definition) is 3. The summed E-state index contributed by atoms with van der Waals surface area (Å²) in [6.07, 6.45) is 2.92. The number of benzene rings is 1. The third-order valence-corrected chi connectivity index (χ3v) is 4.48. The molecule has 2 nitrogen and oxygen atoms in total. The Morgan fingerprint density at radius 2 is 2.00 bits per heavy atom. The minimum Gasteiger partial charge on any atom is -0.394 e. The summed E-state index contributed by atoms with van der Waals surface area (Å²) in [5, 5.41) is 10.2. The first-order chi connectivity index (χ1) is 8.44. The van der Waals surface area contributed by atoms with E-state index in [0.29, 0.717) is 10.0 Å². The van der Waals surface area contributed by atoms with Crippen molar-refractivity contribution in [2.24, 2.45) is 5.73 Å². The number of thioether (sulfide) groups is 1. The summed E-state index contributed by atoms with van der Waals surface area (Å²) in [7, 11) is 0. The molecule has 0 aliphatic rings. The lowest BCUT2D eigenvalue weighted by atomic mass is 9.98. The molecule has 5 heteroatoms. The molecule has 0 radical (unpaired) electrons. The summed E-state index contributed by atoms with van der Waals surface area (Å²) in [5.41, 5.74) is 5.41. The highest BCUT2D eigenvalue weighted by atomic mass is 35.5. The van der Waals surface area contributed by atoms with Crippen molar-refractivity contribution in [1.82, 2.24) is 0 Å². The minimum atomic E-state index is -0.450. The van der Waals surface area contributed by atoms with Crippen LogP contribution in [0.15, 0.2) is 23.1 Å². The van der Waals surface area contributed by atoms with Crippen molar-refractivity contribution < 1.29 is 5.11 Å². The molecule has 0 saturated carbocycles. The molecule has 102 valence electrons. The van der Waals surface area contributed by atoms with Gasteiger partial charge in [0, 0.05) is 10.4 Å². The highest BCUT2D eigenvalue weighted by Gasteiger charge is 2.15. The topological polar surface area (TPSA) is 46.2 Å². The van der Waals surface area contributed by atoms with Gasteiger partial charge in [0.05, 0.1) is 16.7 Å². The molecule has 0 saturated heterocycles. The SMILES string of the molecule is CC(N)(CO)CCCCSc1ccc(Cl)c(Cl)c1. The van der Waals surface area contributed by atoms with Gasteiger partial charge in [-0.05, 0) is 43.7 Å². The van der Waals surface area contributed by atoms with Crippen LogP contribution in [0.5, 0.6) is 0 Å². The summed E-state index contributed by atoms with van der Waals surface area (Å²) in [5.74, 6) is 1.01. The van der Waals surface area contributed by atoms with E-state index in [2.05, 4.69) is 0 Å². The number of unbranched alkanes of at least 4 members (excludes halogenated alkanes) is 1. The van der Waals surface area contributed by atoms with Crippen molar-refractivity contribution in [3.8, 4) is 0 Å². The van der Waals surface area contributed by atoms with Crippen molar-refractivity contribution in [3.05, 3.63) is 28.2 Å². The summed E-state index contributed by atoms with van der Waals surface area (Å²) in [4.78, 5) is 1.13. The van der Waals surface area contributed by atoms with Crippen molar-refractivity contribution in [1.29, 1.82) is 0 Å². The molecule has 1 unspecified atom stereocenters. The zero-order valence-corrected chi connectivity index (χ0v) is 12.8. The second-order valence-corrected chi connectivity index (χ2v) is 6.68. The number of halogens is 2. The van der Waals surface area contributed by atoms with E-state index in [-0.39, 0.29) is 6.61 Å². The van der Waals surface area contributed by atoms with Crippen LogP contribution in [0.2, 0.25) is 10.0 Å². The van der Waals surface area contributed by atoms with Crippen molar-refractivity contribution in [2.75, 3.05) is 12.4 Å². The average molecular weight is 308 g/mol. The van der Waals surface area contributed by atoms with E-state index in [1.807, 2.05) is 25.1 Å². The fraction of sp³-hybridized carbons (Fsp3) is 0.538. The highest BCUT2D eigenvalue weighted by Crippen LogP contribution is 2.28. The van der Waals surface area contributed by atoms with Crippen molar-refractivity contribution in [3.63, 3.8) is 0 Å². The minimum absolute atomic E-state index is 0.0347. The Morgan fingerprint density at radius 3 is 2.61 bits per heavy atom. The third kappa shape index (κ3) is 5.81. The lowest BCUT2D eigenvalue weighted by Gasteiger charge is -2.21. The van der Waals surface area contributed by atoms with Crippen LogP contribution in [-0.4, -0.2) is 23.0 Å². The van der Waals surface area contributed by atoms with Gasteiger partial charge < -0.3 is 10.8 Å². The molecule has 3 N–H and O–H groups in total. The zero-order chi connectivity index (χ0) is 13.6. The second-order valence-electron chi connectivity index (χ2n) is 4.69. The quantitative estimate of drug-likeness (QED) is 0.592. The predicted octanol–water partition coefficient (Wildman–Crippen LogP) is 3.97. The largest absolute Gasteiger partial charge is 0.394 e. The van der Waals surface area contributed by atoms with E-state index in [9.17, 15) is 0 Å². The van der Waals surface area contributed by atoms with Gasteiger partial charge in [0.25, 0.3) is 0 Å². The number of aliphatic hydroxyl groups excluding tert-OH is 1. The maximum atomic E-state index is 9.03. The average Bonchev–Trinajstić information content (AvgIpc) is 2.33. The smallest absolute Gasteiger partial charge is 0.0608 e. The molecule has 0 spiro atoms. The van der Waals surface area contributed by atoms with Gasteiger partial charge >= 0.3 is 0 Å². The summed E-state index contributed by atoms with van der Waals surface area (Å²) < 4.78 is 0. The Morgan fingerprint density at radius 1 is 1.28 bits per heavy atom. The molecule has 1 aromatic carbocycles. The van der Waals surface area contributed by atoms with Gasteiger partial charge in [-0.2, -0.15) is 0 Å². The lowest BCUT2D eigenvalue weighted by molar-refractivity contribution is 0.198. The van der Waals surface area contributed by atoms with Crippen LogP contribution in [-0.2, 0) is 0 Å². The molecule has 0 aliphatic carbocycles. The van der Waals surface area contributed by atoms with Gasteiger partial charge in [-0.25, -0.2) is 0 Å². The Kier molecular flexibility index (Phi) is 6.82. The fourth-order valence-corrected chi connectivity index (χ4v) is 2.78. The maximum absolute atomic E-state index is 9.03. The first-order valence-corrected chi connectivity index (χ1v) is 7.66. The third-order valence-electron chi connectivity index (χ3n) is 2.66. The van der Waals surface area contributed by atoms with Gasteiger partial charge in [-0.15, -0.1) is 11.8 Å². The standard InChI is InChI=1S/C13H19Cl2NOS/c1-13(16,9-17)6-2-3-7-18-10-4-5-11(14)12(15)8-10/h4-5,8,17H,2-3,6-7,9,16H2,1H3. The summed E-state index contributed by atoms with van der Waals surface area (Å²) >= 11 is 13.5. The number of aliphatic hydroxyl groups is 1. The number of hydrogen-bond donors (Lipinski definition) is 2. The maximum Gasteiger partial charge on any atom is 0.0608 e. The van der Waals surface area contributed by atoms with E-state index in [1.165, 1.54) is 0 Å². The molecule has 1 atom stereocenters. The lowest BCUT2D eigenvalue weighted by Crippen LogP contribution is -2.39. The molecular formula is C13H19Cl2NOS. The molecule has 1 aromatic rings. The molecule has 1 rings (SSSR count). The van der Waals surface area contributed by atoms with Crippen molar-refractivity contribution in [2.45, 2.75) is 36.6 Å². The van der Waals surface area contributed by atoms with Crippen LogP contribution < -0.4 is 5.73 Å². The Hall–Kier alpha value is 0.0700. The van der Waals surface area contributed by atoms with Crippen molar-refractivity contribution >= 4 is 35.0 Å². The Balaban J connectivity index is 2.24. The van der Waals surface area contributed by atoms with Gasteiger partial charge in [-0.1, -0.05) is 29.6 Å².